The van der Waals surface area contributed by atoms with Crippen molar-refractivity contribution in [3.63, 3.8) is 0 Å². The maximum absolute atomic E-state index is 12.8. The third-order valence-electron chi connectivity index (χ3n) is 3.34. The average Bonchev–Trinajstić information content (AvgIpc) is 3.09. The summed E-state index contributed by atoms with van der Waals surface area (Å²) in [6, 6.07) is 19.7. The summed E-state index contributed by atoms with van der Waals surface area (Å²) >= 11 is 2.94. The van der Waals surface area contributed by atoms with Crippen molar-refractivity contribution >= 4 is 34.1 Å². The Balaban J connectivity index is 1.82. The van der Waals surface area contributed by atoms with Crippen molar-refractivity contribution in [2.75, 3.05) is 5.32 Å². The van der Waals surface area contributed by atoms with Crippen molar-refractivity contribution in [3.8, 4) is 0 Å². The van der Waals surface area contributed by atoms with Gasteiger partial charge >= 0.3 is 0 Å². The molecule has 0 bridgehead atoms. The fourth-order valence-corrected chi connectivity index (χ4v) is 3.88. The second-order valence-corrected chi connectivity index (χ2v) is 7.31. The van der Waals surface area contributed by atoms with E-state index in [2.05, 4.69) is 15.5 Å². The van der Waals surface area contributed by atoms with Crippen molar-refractivity contribution in [1.29, 1.82) is 0 Å². The molecular weight excluding hydrogens is 338 g/mol. The van der Waals surface area contributed by atoms with Crippen molar-refractivity contribution in [3.05, 3.63) is 71.2 Å². The molecule has 0 aliphatic heterocycles. The summed E-state index contributed by atoms with van der Waals surface area (Å²) in [7, 11) is 0. The number of benzene rings is 2. The summed E-state index contributed by atoms with van der Waals surface area (Å²) in [4.78, 5) is 13.9. The summed E-state index contributed by atoms with van der Waals surface area (Å²) < 4.78 is 0. The van der Waals surface area contributed by atoms with E-state index < -0.39 is 0 Å². The highest BCUT2D eigenvalue weighted by Gasteiger charge is 2.23. The van der Waals surface area contributed by atoms with Crippen LogP contribution < -0.4 is 5.32 Å². The number of hydrogen-bond acceptors (Lipinski definition) is 5. The molecular formula is C18H17N3OS2. The topological polar surface area (TPSA) is 54.9 Å². The Morgan fingerprint density at radius 1 is 1.08 bits per heavy atom. The molecule has 1 aromatic heterocycles. The fraction of sp³-hybridized carbons (Fsp3) is 0.167. The summed E-state index contributed by atoms with van der Waals surface area (Å²) in [5.41, 5.74) is 0.962. The molecule has 3 aromatic rings. The second-order valence-electron chi connectivity index (χ2n) is 5.07. The van der Waals surface area contributed by atoms with Crippen LogP contribution in [0.1, 0.15) is 22.7 Å². The van der Waals surface area contributed by atoms with Crippen molar-refractivity contribution < 1.29 is 4.79 Å². The van der Waals surface area contributed by atoms with Gasteiger partial charge in [0.25, 0.3) is 0 Å². The Bertz CT molecular complexity index is 790. The van der Waals surface area contributed by atoms with Gasteiger partial charge in [-0.05, 0) is 24.1 Å². The summed E-state index contributed by atoms with van der Waals surface area (Å²) in [6.45, 7) is 2.02. The standard InChI is InChI=1S/C18H17N3OS2/c1-2-15-20-21-18(24-15)19-17(22)16(13-9-5-3-6-10-13)23-14-11-7-4-8-12-14/h3-12,16H,2H2,1H3,(H,19,21,22)/t16-/m1/s1. The van der Waals surface area contributed by atoms with Gasteiger partial charge in [0.1, 0.15) is 10.3 Å². The van der Waals surface area contributed by atoms with E-state index >= 15 is 0 Å². The van der Waals surface area contributed by atoms with E-state index in [0.29, 0.717) is 5.13 Å². The minimum absolute atomic E-state index is 0.0890. The number of nitrogens with zero attached hydrogens (tertiary/aromatic N) is 2. The molecule has 0 aliphatic rings. The lowest BCUT2D eigenvalue weighted by molar-refractivity contribution is -0.115. The molecule has 122 valence electrons. The molecule has 0 fully saturated rings. The lowest BCUT2D eigenvalue weighted by Crippen LogP contribution is -2.18. The van der Waals surface area contributed by atoms with Gasteiger partial charge < -0.3 is 0 Å². The molecule has 1 heterocycles. The number of aromatic nitrogens is 2. The number of nitrogens with one attached hydrogen (secondary N) is 1. The predicted octanol–water partition coefficient (Wildman–Crippen LogP) is 4.57. The van der Waals surface area contributed by atoms with Crippen LogP contribution in [0.4, 0.5) is 5.13 Å². The van der Waals surface area contributed by atoms with Crippen LogP contribution in [0.5, 0.6) is 0 Å². The van der Waals surface area contributed by atoms with Crippen LogP contribution in [-0.2, 0) is 11.2 Å². The fourth-order valence-electron chi connectivity index (χ4n) is 2.15. The SMILES string of the molecule is CCc1nnc(NC(=O)[C@H](Sc2ccccc2)c2ccccc2)s1. The van der Waals surface area contributed by atoms with Gasteiger partial charge in [0, 0.05) is 4.90 Å². The monoisotopic (exact) mass is 355 g/mol. The van der Waals surface area contributed by atoms with Gasteiger partial charge in [-0.1, -0.05) is 66.8 Å². The van der Waals surface area contributed by atoms with Crippen LogP contribution in [0.25, 0.3) is 0 Å². The second kappa shape index (κ2) is 8.08. The number of amides is 1. The van der Waals surface area contributed by atoms with Crippen molar-refractivity contribution in [2.45, 2.75) is 23.5 Å². The minimum Gasteiger partial charge on any atom is -0.299 e. The lowest BCUT2D eigenvalue weighted by atomic mass is 10.1. The molecule has 2 aromatic carbocycles. The maximum atomic E-state index is 12.8. The lowest BCUT2D eigenvalue weighted by Gasteiger charge is -2.16. The van der Waals surface area contributed by atoms with Crippen LogP contribution in [0.15, 0.2) is 65.6 Å². The van der Waals surface area contributed by atoms with E-state index in [1.807, 2.05) is 67.6 Å². The highest BCUT2D eigenvalue weighted by molar-refractivity contribution is 8.00. The molecule has 0 aliphatic carbocycles. The van der Waals surface area contributed by atoms with Gasteiger partial charge in [-0.2, -0.15) is 0 Å². The smallest absolute Gasteiger partial charge is 0.244 e. The molecule has 1 amide bonds. The first-order valence-electron chi connectivity index (χ1n) is 7.66. The highest BCUT2D eigenvalue weighted by Crippen LogP contribution is 2.36. The van der Waals surface area contributed by atoms with Crippen LogP contribution in [-0.4, -0.2) is 16.1 Å². The number of rotatable bonds is 6. The van der Waals surface area contributed by atoms with Crippen molar-refractivity contribution in [2.24, 2.45) is 0 Å². The molecule has 0 unspecified atom stereocenters. The first kappa shape index (κ1) is 16.7. The number of carbonyl (C=O) groups is 1. The van der Waals surface area contributed by atoms with Gasteiger partial charge in [-0.25, -0.2) is 0 Å². The van der Waals surface area contributed by atoms with Gasteiger partial charge in [0.2, 0.25) is 11.0 Å². The Morgan fingerprint density at radius 3 is 2.38 bits per heavy atom. The highest BCUT2D eigenvalue weighted by atomic mass is 32.2. The predicted molar refractivity (Wildman–Crippen MR) is 99.4 cm³/mol. The van der Waals surface area contributed by atoms with E-state index in [9.17, 15) is 4.79 Å². The number of anilines is 1. The van der Waals surface area contributed by atoms with E-state index in [4.69, 9.17) is 0 Å². The third kappa shape index (κ3) is 4.21. The van der Waals surface area contributed by atoms with E-state index in [0.717, 1.165) is 21.9 Å². The Kier molecular flexibility index (Phi) is 5.61. The van der Waals surface area contributed by atoms with Gasteiger partial charge in [-0.3, -0.25) is 10.1 Å². The molecule has 0 spiro atoms. The van der Waals surface area contributed by atoms with E-state index in [1.165, 1.54) is 23.1 Å². The zero-order valence-electron chi connectivity index (χ0n) is 13.2. The number of hydrogen-bond donors (Lipinski definition) is 1. The molecule has 24 heavy (non-hydrogen) atoms. The summed E-state index contributed by atoms with van der Waals surface area (Å²) in [6.07, 6.45) is 0.814. The average molecular weight is 355 g/mol. The zero-order chi connectivity index (χ0) is 16.8. The van der Waals surface area contributed by atoms with Crippen molar-refractivity contribution in [1.82, 2.24) is 10.2 Å². The normalized spacial score (nSPS) is 11.9. The van der Waals surface area contributed by atoms with Gasteiger partial charge in [0.15, 0.2) is 0 Å². The van der Waals surface area contributed by atoms with Gasteiger partial charge in [0.05, 0.1) is 0 Å². The maximum Gasteiger partial charge on any atom is 0.244 e. The molecule has 0 radical (unpaired) electrons. The first-order chi connectivity index (χ1) is 11.8. The molecule has 1 N–H and O–H groups in total. The molecule has 3 rings (SSSR count). The molecule has 1 atom stereocenters. The number of carbonyl (C=O) groups excluding carboxylic acids is 1. The van der Waals surface area contributed by atoms with Gasteiger partial charge in [-0.15, -0.1) is 22.0 Å². The Hall–Kier alpha value is -2.18. The Labute approximate surface area is 149 Å². The molecule has 4 nitrogen and oxygen atoms in total. The van der Waals surface area contributed by atoms with Crippen LogP contribution in [0.3, 0.4) is 0 Å². The van der Waals surface area contributed by atoms with E-state index in [1.54, 1.807) is 0 Å². The zero-order valence-corrected chi connectivity index (χ0v) is 14.8. The van der Waals surface area contributed by atoms with E-state index in [-0.39, 0.29) is 11.2 Å². The van der Waals surface area contributed by atoms with Crippen LogP contribution in [0, 0.1) is 0 Å². The molecule has 0 saturated carbocycles. The Morgan fingerprint density at radius 2 is 1.75 bits per heavy atom. The van der Waals surface area contributed by atoms with Crippen LogP contribution in [0.2, 0.25) is 0 Å². The molecule has 6 heteroatoms. The minimum atomic E-state index is -0.345. The number of thioether (sulfide) groups is 1. The first-order valence-corrected chi connectivity index (χ1v) is 9.35. The van der Waals surface area contributed by atoms with Crippen LogP contribution >= 0.6 is 23.1 Å². The molecule has 0 saturated heterocycles. The quantitative estimate of drug-likeness (QED) is 0.658. The number of aryl methyl sites for hydroxylation is 1. The summed E-state index contributed by atoms with van der Waals surface area (Å²) in [5.74, 6) is -0.0890. The largest absolute Gasteiger partial charge is 0.299 e. The third-order valence-corrected chi connectivity index (χ3v) is 5.59. The summed E-state index contributed by atoms with van der Waals surface area (Å²) in [5, 5.41) is 12.1.